The maximum Gasteiger partial charge on any atom is 0.144 e. The molecule has 1 aliphatic rings. The summed E-state index contributed by atoms with van der Waals surface area (Å²) >= 11 is 0. The predicted molar refractivity (Wildman–Crippen MR) is 90.0 cm³/mol. The van der Waals surface area contributed by atoms with E-state index in [0.29, 0.717) is 6.04 Å². The molecule has 0 bridgehead atoms. The Labute approximate surface area is 132 Å². The minimum atomic E-state index is 0.394. The van der Waals surface area contributed by atoms with Crippen molar-refractivity contribution in [2.45, 2.75) is 32.7 Å². The first-order valence-electron chi connectivity index (χ1n) is 8.05. The van der Waals surface area contributed by atoms with E-state index in [2.05, 4.69) is 51.4 Å². The first kappa shape index (κ1) is 15.0. The third-order valence-corrected chi connectivity index (χ3v) is 4.28. The zero-order valence-electron chi connectivity index (χ0n) is 13.4. The smallest absolute Gasteiger partial charge is 0.144 e. The van der Waals surface area contributed by atoms with Crippen LogP contribution < -0.4 is 5.32 Å². The molecule has 0 amide bonds. The number of nitrogens with one attached hydrogen (secondary N) is 1. The number of hydrogen-bond donors (Lipinski definition) is 1. The third-order valence-electron chi connectivity index (χ3n) is 4.28. The summed E-state index contributed by atoms with van der Waals surface area (Å²) in [5.41, 5.74) is 3.63. The Kier molecular flexibility index (Phi) is 4.68. The molecule has 0 aliphatic carbocycles. The lowest BCUT2D eigenvalue weighted by molar-refractivity contribution is 0.256. The van der Waals surface area contributed by atoms with Crippen LogP contribution >= 0.6 is 0 Å². The van der Waals surface area contributed by atoms with Crippen LogP contribution in [0.15, 0.2) is 36.7 Å². The summed E-state index contributed by atoms with van der Waals surface area (Å²) in [5, 5.41) is 3.46. The van der Waals surface area contributed by atoms with Crippen molar-refractivity contribution in [1.82, 2.24) is 14.9 Å². The van der Waals surface area contributed by atoms with E-state index in [-0.39, 0.29) is 0 Å². The van der Waals surface area contributed by atoms with Gasteiger partial charge in [-0.15, -0.1) is 0 Å². The summed E-state index contributed by atoms with van der Waals surface area (Å²) < 4.78 is 0. The highest BCUT2D eigenvalue weighted by atomic mass is 15.2. The normalized spacial score (nSPS) is 16.6. The van der Waals surface area contributed by atoms with E-state index < -0.39 is 0 Å². The zero-order valence-corrected chi connectivity index (χ0v) is 13.4. The van der Waals surface area contributed by atoms with Gasteiger partial charge in [-0.2, -0.15) is 0 Å². The fourth-order valence-electron chi connectivity index (χ4n) is 3.05. The molecule has 2 heterocycles. The van der Waals surface area contributed by atoms with Gasteiger partial charge in [-0.1, -0.05) is 29.8 Å². The van der Waals surface area contributed by atoms with Crippen molar-refractivity contribution in [3.63, 3.8) is 0 Å². The summed E-state index contributed by atoms with van der Waals surface area (Å²) in [6.45, 7) is 7.33. The maximum atomic E-state index is 4.49. The van der Waals surface area contributed by atoms with Crippen molar-refractivity contribution in [2.75, 3.05) is 25.0 Å². The first-order chi connectivity index (χ1) is 10.7. The molecule has 4 heteroatoms. The van der Waals surface area contributed by atoms with Crippen LogP contribution in [0.2, 0.25) is 0 Å². The minimum Gasteiger partial charge on any atom is -0.367 e. The highest BCUT2D eigenvalue weighted by Crippen LogP contribution is 2.25. The average molecular weight is 296 g/mol. The zero-order chi connectivity index (χ0) is 15.4. The van der Waals surface area contributed by atoms with Crippen molar-refractivity contribution < 1.29 is 0 Å². The van der Waals surface area contributed by atoms with Gasteiger partial charge < -0.3 is 5.32 Å². The van der Waals surface area contributed by atoms with Crippen molar-refractivity contribution >= 4 is 5.82 Å². The van der Waals surface area contributed by atoms with Crippen molar-refractivity contribution in [3.05, 3.63) is 53.5 Å². The highest BCUT2D eigenvalue weighted by molar-refractivity contribution is 5.33. The number of likely N-dealkylation sites (tertiary alicyclic amines) is 1. The number of nitrogens with zero attached hydrogens (tertiary/aromatic N) is 3. The first-order valence-corrected chi connectivity index (χ1v) is 8.05. The summed E-state index contributed by atoms with van der Waals surface area (Å²) in [4.78, 5) is 11.3. The minimum absolute atomic E-state index is 0.394. The SMILES string of the molecule is Cc1ccc(C(CNc2cncc(C)n2)N2CCCC2)cc1. The molecule has 0 radical (unpaired) electrons. The second-order valence-electron chi connectivity index (χ2n) is 6.10. The van der Waals surface area contributed by atoms with Gasteiger partial charge in [-0.25, -0.2) is 4.98 Å². The topological polar surface area (TPSA) is 41.1 Å². The Bertz CT molecular complexity index is 603. The molecule has 1 aliphatic heterocycles. The van der Waals surface area contributed by atoms with E-state index in [9.17, 15) is 0 Å². The van der Waals surface area contributed by atoms with Gasteiger partial charge in [0.05, 0.1) is 17.9 Å². The average Bonchev–Trinajstić information content (AvgIpc) is 3.03. The number of hydrogen-bond acceptors (Lipinski definition) is 4. The molecule has 2 aromatic rings. The van der Waals surface area contributed by atoms with Crippen LogP contribution in [-0.2, 0) is 0 Å². The molecular weight excluding hydrogens is 272 g/mol. The molecule has 1 atom stereocenters. The number of anilines is 1. The number of benzene rings is 1. The van der Waals surface area contributed by atoms with Gasteiger partial charge >= 0.3 is 0 Å². The Morgan fingerprint density at radius 3 is 2.50 bits per heavy atom. The van der Waals surface area contributed by atoms with Crippen LogP contribution in [0.3, 0.4) is 0 Å². The number of aromatic nitrogens is 2. The standard InChI is InChI=1S/C18H24N4/c1-14-5-7-16(8-6-14)17(22-9-3-4-10-22)12-20-18-13-19-11-15(2)21-18/h5-8,11,13,17H,3-4,9-10,12H2,1-2H3,(H,20,21). The summed E-state index contributed by atoms with van der Waals surface area (Å²) in [6, 6.07) is 9.30. The van der Waals surface area contributed by atoms with E-state index in [1.807, 2.05) is 6.92 Å². The molecule has 1 aromatic heterocycles. The summed E-state index contributed by atoms with van der Waals surface area (Å²) in [7, 11) is 0. The molecule has 1 N–H and O–H groups in total. The van der Waals surface area contributed by atoms with Crippen molar-refractivity contribution in [1.29, 1.82) is 0 Å². The highest BCUT2D eigenvalue weighted by Gasteiger charge is 2.23. The quantitative estimate of drug-likeness (QED) is 0.918. The summed E-state index contributed by atoms with van der Waals surface area (Å²) in [6.07, 6.45) is 6.17. The van der Waals surface area contributed by atoms with E-state index in [1.54, 1.807) is 12.4 Å². The van der Waals surface area contributed by atoms with Crippen LogP contribution in [0.25, 0.3) is 0 Å². The fourth-order valence-corrected chi connectivity index (χ4v) is 3.05. The molecular formula is C18H24N4. The van der Waals surface area contributed by atoms with E-state index in [4.69, 9.17) is 0 Å². The van der Waals surface area contributed by atoms with Crippen LogP contribution in [0, 0.1) is 13.8 Å². The van der Waals surface area contributed by atoms with E-state index in [0.717, 1.165) is 18.1 Å². The van der Waals surface area contributed by atoms with Gasteiger partial charge in [0.25, 0.3) is 0 Å². The second-order valence-corrected chi connectivity index (χ2v) is 6.10. The molecule has 4 nitrogen and oxygen atoms in total. The molecule has 1 unspecified atom stereocenters. The lowest BCUT2D eigenvalue weighted by Crippen LogP contribution is -2.31. The number of rotatable bonds is 5. The lowest BCUT2D eigenvalue weighted by atomic mass is 10.0. The lowest BCUT2D eigenvalue weighted by Gasteiger charge is -2.28. The van der Waals surface area contributed by atoms with Gasteiger partial charge in [-0.3, -0.25) is 9.88 Å². The Hall–Kier alpha value is -1.94. The van der Waals surface area contributed by atoms with Gasteiger partial charge in [-0.05, 0) is 45.3 Å². The van der Waals surface area contributed by atoms with Crippen LogP contribution in [0.5, 0.6) is 0 Å². The van der Waals surface area contributed by atoms with Gasteiger partial charge in [0.2, 0.25) is 0 Å². The molecule has 116 valence electrons. The van der Waals surface area contributed by atoms with Gasteiger partial charge in [0.15, 0.2) is 0 Å². The summed E-state index contributed by atoms with van der Waals surface area (Å²) in [5.74, 6) is 0.858. The van der Waals surface area contributed by atoms with Crippen LogP contribution in [0.4, 0.5) is 5.82 Å². The van der Waals surface area contributed by atoms with Crippen molar-refractivity contribution in [3.8, 4) is 0 Å². The molecule has 1 aromatic carbocycles. The monoisotopic (exact) mass is 296 g/mol. The fraction of sp³-hybridized carbons (Fsp3) is 0.444. The largest absolute Gasteiger partial charge is 0.367 e. The van der Waals surface area contributed by atoms with Gasteiger partial charge in [0, 0.05) is 12.7 Å². The molecule has 1 saturated heterocycles. The third kappa shape index (κ3) is 3.63. The molecule has 0 saturated carbocycles. The molecule has 3 rings (SSSR count). The van der Waals surface area contributed by atoms with Crippen LogP contribution in [-0.4, -0.2) is 34.5 Å². The van der Waals surface area contributed by atoms with Crippen LogP contribution in [0.1, 0.15) is 35.7 Å². The molecule has 0 spiro atoms. The maximum absolute atomic E-state index is 4.49. The van der Waals surface area contributed by atoms with Gasteiger partial charge in [0.1, 0.15) is 5.82 Å². The number of aryl methyl sites for hydroxylation is 2. The second kappa shape index (κ2) is 6.88. The molecule has 1 fully saturated rings. The van der Waals surface area contributed by atoms with Crippen molar-refractivity contribution in [2.24, 2.45) is 0 Å². The predicted octanol–water partition coefficient (Wildman–Crippen LogP) is 3.34. The molecule has 22 heavy (non-hydrogen) atoms. The van der Waals surface area contributed by atoms with E-state index in [1.165, 1.54) is 37.1 Å². The Morgan fingerprint density at radius 2 is 1.82 bits per heavy atom. The Morgan fingerprint density at radius 1 is 1.09 bits per heavy atom. The Balaban J connectivity index is 1.75. The van der Waals surface area contributed by atoms with E-state index >= 15 is 0 Å².